The van der Waals surface area contributed by atoms with E-state index in [1.807, 2.05) is 0 Å². The van der Waals surface area contributed by atoms with Crippen molar-refractivity contribution in [3.8, 4) is 0 Å². The van der Waals surface area contributed by atoms with Crippen LogP contribution in [-0.4, -0.2) is 60.6 Å². The molecule has 1 N–H and O–H groups in total. The van der Waals surface area contributed by atoms with Crippen LogP contribution in [0.2, 0.25) is 0 Å². The molecular formula is C17H33N3. The summed E-state index contributed by atoms with van der Waals surface area (Å²) in [6.07, 6.45) is 8.50. The van der Waals surface area contributed by atoms with E-state index >= 15 is 0 Å². The van der Waals surface area contributed by atoms with E-state index in [9.17, 15) is 0 Å². The van der Waals surface area contributed by atoms with Crippen molar-refractivity contribution < 1.29 is 0 Å². The summed E-state index contributed by atoms with van der Waals surface area (Å²) in [5.74, 6) is 0.927. The molecule has 0 aliphatic carbocycles. The molecule has 0 aromatic rings. The van der Waals surface area contributed by atoms with Gasteiger partial charge in [-0.2, -0.15) is 0 Å². The van der Waals surface area contributed by atoms with Gasteiger partial charge in [0.05, 0.1) is 0 Å². The normalized spacial score (nSPS) is 33.0. The Kier molecular flexibility index (Phi) is 5.00. The summed E-state index contributed by atoms with van der Waals surface area (Å²) < 4.78 is 0. The van der Waals surface area contributed by atoms with Gasteiger partial charge in [-0.1, -0.05) is 6.42 Å². The van der Waals surface area contributed by atoms with Gasteiger partial charge in [-0.15, -0.1) is 0 Å². The highest BCUT2D eigenvalue weighted by molar-refractivity contribution is 4.96. The van der Waals surface area contributed by atoms with E-state index in [-0.39, 0.29) is 0 Å². The fourth-order valence-corrected chi connectivity index (χ4v) is 4.70. The number of fused-ring (bicyclic) bond motifs is 1. The molecule has 3 aliphatic rings. The highest BCUT2D eigenvalue weighted by Gasteiger charge is 2.39. The third-order valence-corrected chi connectivity index (χ3v) is 5.84. The molecule has 3 nitrogen and oxygen atoms in total. The number of hydrogen-bond donors (Lipinski definition) is 1. The molecule has 0 aromatic heterocycles. The Labute approximate surface area is 125 Å². The maximum Gasteiger partial charge on any atom is 0.0266 e. The Hall–Kier alpha value is -0.120. The molecule has 3 aliphatic heterocycles. The highest BCUT2D eigenvalue weighted by atomic mass is 15.3. The lowest BCUT2D eigenvalue weighted by molar-refractivity contribution is 0.0727. The summed E-state index contributed by atoms with van der Waals surface area (Å²) in [5, 5.41) is 3.51. The van der Waals surface area contributed by atoms with Crippen LogP contribution in [0.1, 0.15) is 52.4 Å². The van der Waals surface area contributed by atoms with Crippen LogP contribution in [0.5, 0.6) is 0 Å². The first-order chi connectivity index (χ1) is 9.75. The lowest BCUT2D eigenvalue weighted by atomic mass is 9.93. The molecule has 0 radical (unpaired) electrons. The Morgan fingerprint density at radius 2 is 1.85 bits per heavy atom. The largest absolute Gasteiger partial charge is 0.317 e. The van der Waals surface area contributed by atoms with Crippen molar-refractivity contribution in [3.63, 3.8) is 0 Å². The first kappa shape index (κ1) is 14.8. The molecule has 0 aromatic carbocycles. The summed E-state index contributed by atoms with van der Waals surface area (Å²) in [6.45, 7) is 11.3. The van der Waals surface area contributed by atoms with Gasteiger partial charge in [-0.3, -0.25) is 9.80 Å². The van der Waals surface area contributed by atoms with Crippen LogP contribution in [0, 0.1) is 5.92 Å². The van der Waals surface area contributed by atoms with E-state index < -0.39 is 0 Å². The number of rotatable bonds is 4. The van der Waals surface area contributed by atoms with Crippen molar-refractivity contribution in [1.82, 2.24) is 15.1 Å². The molecule has 20 heavy (non-hydrogen) atoms. The molecule has 116 valence electrons. The van der Waals surface area contributed by atoms with Gasteiger partial charge in [0.1, 0.15) is 0 Å². The second kappa shape index (κ2) is 6.76. The molecule has 0 amide bonds. The second-order valence-electron chi connectivity index (χ2n) is 7.44. The first-order valence-corrected chi connectivity index (χ1v) is 8.96. The third-order valence-electron chi connectivity index (χ3n) is 5.84. The molecule has 2 atom stereocenters. The van der Waals surface area contributed by atoms with E-state index in [1.54, 1.807) is 0 Å². The van der Waals surface area contributed by atoms with Crippen molar-refractivity contribution in [2.24, 2.45) is 5.92 Å². The molecule has 3 fully saturated rings. The zero-order valence-corrected chi connectivity index (χ0v) is 13.5. The Balaban J connectivity index is 1.63. The van der Waals surface area contributed by atoms with Gasteiger partial charge in [-0.05, 0) is 71.5 Å². The molecule has 0 saturated carbocycles. The summed E-state index contributed by atoms with van der Waals surface area (Å²) in [7, 11) is 0. The lowest BCUT2D eigenvalue weighted by Gasteiger charge is -2.42. The van der Waals surface area contributed by atoms with Crippen LogP contribution in [0.15, 0.2) is 0 Å². The van der Waals surface area contributed by atoms with Gasteiger partial charge in [0.2, 0.25) is 0 Å². The zero-order chi connectivity index (χ0) is 13.9. The average Bonchev–Trinajstić information content (AvgIpc) is 2.89. The van der Waals surface area contributed by atoms with Crippen LogP contribution in [0.25, 0.3) is 0 Å². The number of piperidine rings is 2. The van der Waals surface area contributed by atoms with E-state index in [2.05, 4.69) is 29.0 Å². The zero-order valence-electron chi connectivity index (χ0n) is 13.5. The van der Waals surface area contributed by atoms with E-state index in [0.717, 1.165) is 18.0 Å². The van der Waals surface area contributed by atoms with Gasteiger partial charge >= 0.3 is 0 Å². The Morgan fingerprint density at radius 1 is 1.05 bits per heavy atom. The molecule has 2 unspecified atom stereocenters. The van der Waals surface area contributed by atoms with Crippen LogP contribution in [0.3, 0.4) is 0 Å². The fraction of sp³-hybridized carbons (Fsp3) is 1.00. The van der Waals surface area contributed by atoms with Gasteiger partial charge in [0.25, 0.3) is 0 Å². The molecule has 3 heteroatoms. The molecule has 0 bridgehead atoms. The quantitative estimate of drug-likeness (QED) is 0.852. The lowest BCUT2D eigenvalue weighted by Crippen LogP contribution is -2.51. The van der Waals surface area contributed by atoms with Gasteiger partial charge < -0.3 is 5.32 Å². The van der Waals surface area contributed by atoms with E-state index in [0.29, 0.717) is 6.04 Å². The second-order valence-corrected chi connectivity index (χ2v) is 7.44. The van der Waals surface area contributed by atoms with E-state index in [1.165, 1.54) is 71.2 Å². The minimum atomic E-state index is 0.705. The maximum atomic E-state index is 3.51. The van der Waals surface area contributed by atoms with Crippen molar-refractivity contribution in [2.75, 3.05) is 32.7 Å². The molecule has 0 spiro atoms. The average molecular weight is 279 g/mol. The molecule has 3 saturated heterocycles. The maximum absolute atomic E-state index is 3.51. The smallest absolute Gasteiger partial charge is 0.0266 e. The fourth-order valence-electron chi connectivity index (χ4n) is 4.70. The van der Waals surface area contributed by atoms with Gasteiger partial charge in [0.15, 0.2) is 0 Å². The summed E-state index contributed by atoms with van der Waals surface area (Å²) >= 11 is 0. The van der Waals surface area contributed by atoms with Gasteiger partial charge in [0, 0.05) is 31.2 Å². The minimum absolute atomic E-state index is 0.705. The molecule has 3 heterocycles. The predicted molar refractivity (Wildman–Crippen MR) is 85.1 cm³/mol. The van der Waals surface area contributed by atoms with Crippen LogP contribution in [-0.2, 0) is 0 Å². The third kappa shape index (κ3) is 3.20. The highest BCUT2D eigenvalue weighted by Crippen LogP contribution is 2.32. The van der Waals surface area contributed by atoms with E-state index in [4.69, 9.17) is 0 Å². The monoisotopic (exact) mass is 279 g/mol. The summed E-state index contributed by atoms with van der Waals surface area (Å²) in [5.41, 5.74) is 0. The van der Waals surface area contributed by atoms with Gasteiger partial charge in [-0.25, -0.2) is 0 Å². The van der Waals surface area contributed by atoms with Crippen molar-refractivity contribution in [1.29, 1.82) is 0 Å². The van der Waals surface area contributed by atoms with Crippen LogP contribution >= 0.6 is 0 Å². The SMILES string of the molecule is CC(C)N(CC1CCNCC1)C1CCN2CCCCC12. The van der Waals surface area contributed by atoms with Crippen LogP contribution < -0.4 is 5.32 Å². The Morgan fingerprint density at radius 3 is 2.60 bits per heavy atom. The predicted octanol–water partition coefficient (Wildman–Crippen LogP) is 2.32. The number of nitrogens with zero attached hydrogens (tertiary/aromatic N) is 2. The molecular weight excluding hydrogens is 246 g/mol. The summed E-state index contributed by atoms with van der Waals surface area (Å²) in [6, 6.07) is 2.41. The topological polar surface area (TPSA) is 18.5 Å². The van der Waals surface area contributed by atoms with Crippen molar-refractivity contribution in [2.45, 2.75) is 70.5 Å². The summed E-state index contributed by atoms with van der Waals surface area (Å²) in [4.78, 5) is 5.65. The molecule has 3 rings (SSSR count). The standard InChI is InChI=1S/C17H33N3/c1-14(2)20(13-15-6-9-18-10-7-15)17-8-12-19-11-4-3-5-16(17)19/h14-18H,3-13H2,1-2H3. The number of nitrogens with one attached hydrogen (secondary N) is 1. The first-order valence-electron chi connectivity index (χ1n) is 8.96. The number of hydrogen-bond acceptors (Lipinski definition) is 3. The van der Waals surface area contributed by atoms with Crippen molar-refractivity contribution in [3.05, 3.63) is 0 Å². The van der Waals surface area contributed by atoms with Crippen molar-refractivity contribution >= 4 is 0 Å². The Bertz CT molecular complexity index is 299. The van der Waals surface area contributed by atoms with Crippen LogP contribution in [0.4, 0.5) is 0 Å². The minimum Gasteiger partial charge on any atom is -0.317 e.